The van der Waals surface area contributed by atoms with Crippen LogP contribution in [0, 0.1) is 0 Å². The predicted molar refractivity (Wildman–Crippen MR) is 124 cm³/mol. The van der Waals surface area contributed by atoms with E-state index in [9.17, 15) is 4.79 Å². The zero-order valence-corrected chi connectivity index (χ0v) is 18.7. The van der Waals surface area contributed by atoms with E-state index in [0.29, 0.717) is 5.92 Å². The van der Waals surface area contributed by atoms with Crippen LogP contribution in [0.3, 0.4) is 0 Å². The lowest BCUT2D eigenvalue weighted by Gasteiger charge is -2.34. The number of piperazine rings is 1. The number of benzene rings is 1. The highest BCUT2D eigenvalue weighted by Gasteiger charge is 2.22. The molecular formula is C24H32N6O. The number of nitrogens with one attached hydrogen (secondary N) is 1. The maximum Gasteiger partial charge on any atom is 0.321 e. The van der Waals surface area contributed by atoms with E-state index < -0.39 is 0 Å². The minimum absolute atomic E-state index is 0.0178. The number of nitrogens with zero attached hydrogens (tertiary/aromatic N) is 5. The summed E-state index contributed by atoms with van der Waals surface area (Å²) in [7, 11) is 0. The number of fused-ring (bicyclic) bond motifs is 1. The van der Waals surface area contributed by atoms with E-state index in [1.165, 1.54) is 5.56 Å². The van der Waals surface area contributed by atoms with E-state index in [4.69, 9.17) is 4.98 Å². The van der Waals surface area contributed by atoms with E-state index >= 15 is 0 Å². The second kappa shape index (κ2) is 9.47. The predicted octanol–water partition coefficient (Wildman–Crippen LogP) is 3.97. The van der Waals surface area contributed by atoms with Crippen LogP contribution in [0.15, 0.2) is 42.6 Å². The van der Waals surface area contributed by atoms with Gasteiger partial charge < -0.3 is 14.8 Å². The first-order chi connectivity index (χ1) is 15.0. The summed E-state index contributed by atoms with van der Waals surface area (Å²) in [6.07, 6.45) is 2.83. The van der Waals surface area contributed by atoms with Crippen LogP contribution < -0.4 is 5.32 Å². The van der Waals surface area contributed by atoms with E-state index in [2.05, 4.69) is 52.7 Å². The van der Waals surface area contributed by atoms with Crippen LogP contribution >= 0.6 is 0 Å². The molecular weight excluding hydrogens is 388 g/mol. The van der Waals surface area contributed by atoms with Gasteiger partial charge in [-0.15, -0.1) is 0 Å². The number of urea groups is 1. The van der Waals surface area contributed by atoms with Crippen LogP contribution in [-0.2, 0) is 13.0 Å². The molecule has 0 aliphatic carbocycles. The van der Waals surface area contributed by atoms with E-state index in [-0.39, 0.29) is 6.03 Å². The number of hydrogen-bond donors (Lipinski definition) is 1. The third kappa shape index (κ3) is 4.88. The topological polar surface area (TPSA) is 66.3 Å². The number of carbonyl (C=O) groups is 1. The van der Waals surface area contributed by atoms with Crippen molar-refractivity contribution in [2.24, 2.45) is 0 Å². The average molecular weight is 421 g/mol. The summed E-state index contributed by atoms with van der Waals surface area (Å²) in [5.41, 5.74) is 4.04. The Morgan fingerprint density at radius 1 is 1.06 bits per heavy atom. The van der Waals surface area contributed by atoms with Gasteiger partial charge in [0.2, 0.25) is 0 Å². The monoisotopic (exact) mass is 420 g/mol. The molecule has 0 radical (unpaired) electrons. The fourth-order valence-corrected chi connectivity index (χ4v) is 4.08. The molecule has 0 bridgehead atoms. The highest BCUT2D eigenvalue weighted by molar-refractivity contribution is 5.89. The highest BCUT2D eigenvalue weighted by Crippen LogP contribution is 2.20. The Morgan fingerprint density at radius 2 is 1.81 bits per heavy atom. The second-order valence-corrected chi connectivity index (χ2v) is 8.43. The Morgan fingerprint density at radius 3 is 2.48 bits per heavy atom. The maximum absolute atomic E-state index is 12.6. The molecule has 1 fully saturated rings. The van der Waals surface area contributed by atoms with Crippen molar-refractivity contribution >= 4 is 22.9 Å². The molecule has 1 aliphatic heterocycles. The Balaban J connectivity index is 1.31. The molecule has 0 atom stereocenters. The molecule has 0 saturated carbocycles. The third-order valence-corrected chi connectivity index (χ3v) is 5.96. The molecule has 164 valence electrons. The Bertz CT molecular complexity index is 1020. The molecule has 4 rings (SSSR count). The highest BCUT2D eigenvalue weighted by atomic mass is 16.2. The summed E-state index contributed by atoms with van der Waals surface area (Å²) in [5, 5.41) is 3.02. The van der Waals surface area contributed by atoms with Gasteiger partial charge in [0.25, 0.3) is 0 Å². The number of amides is 2. The quantitative estimate of drug-likeness (QED) is 0.655. The van der Waals surface area contributed by atoms with Crippen LogP contribution in [0.5, 0.6) is 0 Å². The van der Waals surface area contributed by atoms with Gasteiger partial charge in [-0.1, -0.05) is 32.9 Å². The molecule has 0 unspecified atom stereocenters. The van der Waals surface area contributed by atoms with Gasteiger partial charge in [-0.2, -0.15) is 0 Å². The van der Waals surface area contributed by atoms with Crippen molar-refractivity contribution in [1.29, 1.82) is 0 Å². The standard InChI is InChI=1S/C24H32N6O/c1-4-19-7-9-20(10-8-19)26-24(31)29-15-12-28(13-16-29)14-17-30-22(18(2)3)27-21-6-5-11-25-23(21)30/h5-11,18H,4,12-17H2,1-3H3,(H,26,31). The van der Waals surface area contributed by atoms with Crippen molar-refractivity contribution in [2.45, 2.75) is 39.7 Å². The van der Waals surface area contributed by atoms with Gasteiger partial charge in [0.1, 0.15) is 11.3 Å². The number of aromatic nitrogens is 3. The van der Waals surface area contributed by atoms with Gasteiger partial charge >= 0.3 is 6.03 Å². The molecule has 31 heavy (non-hydrogen) atoms. The first-order valence-corrected chi connectivity index (χ1v) is 11.2. The van der Waals surface area contributed by atoms with Crippen molar-refractivity contribution in [2.75, 3.05) is 38.0 Å². The molecule has 2 aromatic heterocycles. The smallest absolute Gasteiger partial charge is 0.321 e. The number of anilines is 1. The van der Waals surface area contributed by atoms with Crippen LogP contribution in [0.2, 0.25) is 0 Å². The lowest BCUT2D eigenvalue weighted by molar-refractivity contribution is 0.144. The summed E-state index contributed by atoms with van der Waals surface area (Å²) in [5.74, 6) is 1.43. The minimum atomic E-state index is -0.0178. The lowest BCUT2D eigenvalue weighted by Crippen LogP contribution is -2.50. The van der Waals surface area contributed by atoms with Gasteiger partial charge in [-0.3, -0.25) is 4.90 Å². The first-order valence-electron chi connectivity index (χ1n) is 11.2. The van der Waals surface area contributed by atoms with Crippen molar-refractivity contribution in [3.05, 3.63) is 54.0 Å². The summed E-state index contributed by atoms with van der Waals surface area (Å²) in [6.45, 7) is 11.5. The summed E-state index contributed by atoms with van der Waals surface area (Å²) < 4.78 is 2.25. The molecule has 3 heterocycles. The van der Waals surface area contributed by atoms with Crippen LogP contribution in [0.1, 0.15) is 38.1 Å². The number of hydrogen-bond acceptors (Lipinski definition) is 4. The fraction of sp³-hybridized carbons (Fsp3) is 0.458. The Hall–Kier alpha value is -2.93. The molecule has 1 aromatic carbocycles. The van der Waals surface area contributed by atoms with E-state index in [1.807, 2.05) is 35.4 Å². The molecule has 0 spiro atoms. The van der Waals surface area contributed by atoms with Gasteiger partial charge in [0, 0.05) is 57.1 Å². The molecule has 7 nitrogen and oxygen atoms in total. The Kier molecular flexibility index (Phi) is 6.51. The van der Waals surface area contributed by atoms with Gasteiger partial charge in [-0.05, 0) is 36.2 Å². The number of imidazole rings is 1. The summed E-state index contributed by atoms with van der Waals surface area (Å²) in [6, 6.07) is 12.0. The van der Waals surface area contributed by atoms with Crippen LogP contribution in [0.25, 0.3) is 11.2 Å². The first kappa shape index (κ1) is 21.3. The zero-order chi connectivity index (χ0) is 21.8. The van der Waals surface area contributed by atoms with Gasteiger partial charge in [0.05, 0.1) is 0 Å². The molecule has 7 heteroatoms. The molecule has 1 aliphatic rings. The van der Waals surface area contributed by atoms with Crippen LogP contribution in [-0.4, -0.2) is 63.1 Å². The minimum Gasteiger partial charge on any atom is -0.322 e. The fourth-order valence-electron chi connectivity index (χ4n) is 4.08. The molecule has 1 saturated heterocycles. The van der Waals surface area contributed by atoms with Crippen LogP contribution in [0.4, 0.5) is 10.5 Å². The lowest BCUT2D eigenvalue weighted by atomic mass is 10.1. The number of aryl methyl sites for hydroxylation is 1. The van der Waals surface area contributed by atoms with Gasteiger partial charge in [0.15, 0.2) is 5.65 Å². The van der Waals surface area contributed by atoms with Crippen molar-refractivity contribution in [3.8, 4) is 0 Å². The molecule has 3 aromatic rings. The average Bonchev–Trinajstić information content (AvgIpc) is 3.17. The van der Waals surface area contributed by atoms with Crippen molar-refractivity contribution in [3.63, 3.8) is 0 Å². The molecule has 1 N–H and O–H groups in total. The van der Waals surface area contributed by atoms with Crippen molar-refractivity contribution < 1.29 is 4.79 Å². The normalized spacial score (nSPS) is 15.0. The van der Waals surface area contributed by atoms with Crippen molar-refractivity contribution in [1.82, 2.24) is 24.3 Å². The second-order valence-electron chi connectivity index (χ2n) is 8.43. The maximum atomic E-state index is 12.6. The largest absolute Gasteiger partial charge is 0.322 e. The summed E-state index contributed by atoms with van der Waals surface area (Å²) >= 11 is 0. The van der Waals surface area contributed by atoms with E-state index in [1.54, 1.807) is 0 Å². The zero-order valence-electron chi connectivity index (χ0n) is 18.7. The number of pyridine rings is 1. The van der Waals surface area contributed by atoms with E-state index in [0.717, 1.165) is 68.4 Å². The number of rotatable bonds is 6. The molecule has 2 amide bonds. The Labute approximate surface area is 184 Å². The van der Waals surface area contributed by atoms with Gasteiger partial charge in [-0.25, -0.2) is 14.8 Å². The third-order valence-electron chi connectivity index (χ3n) is 5.96. The number of carbonyl (C=O) groups excluding carboxylic acids is 1. The SMILES string of the molecule is CCc1ccc(NC(=O)N2CCN(CCn3c(C(C)C)nc4cccnc43)CC2)cc1. The summed E-state index contributed by atoms with van der Waals surface area (Å²) in [4.78, 5) is 26.3.